The van der Waals surface area contributed by atoms with E-state index in [0.29, 0.717) is 31.3 Å². The molecule has 1 amide bonds. The largest absolute Gasteiger partial charge is 0.484 e. The van der Waals surface area contributed by atoms with Crippen LogP contribution in [0.2, 0.25) is 0 Å². The molecule has 2 heterocycles. The molecular formula is C16H18FN3O3. The molecule has 1 aliphatic heterocycles. The summed E-state index contributed by atoms with van der Waals surface area (Å²) in [6.07, 6.45) is 1.72. The second-order valence-corrected chi connectivity index (χ2v) is 5.37. The molecule has 3 rings (SSSR count). The fraction of sp³-hybridized carbons (Fsp3) is 0.375. The summed E-state index contributed by atoms with van der Waals surface area (Å²) in [6.45, 7) is 3.16. The number of H-pyrrole nitrogens is 1. The molecule has 7 heteroatoms. The van der Waals surface area contributed by atoms with Crippen LogP contribution in [0.5, 0.6) is 5.75 Å². The maximum Gasteiger partial charge on any atom is 0.261 e. The monoisotopic (exact) mass is 319 g/mol. The van der Waals surface area contributed by atoms with E-state index in [1.807, 2.05) is 6.92 Å². The topological polar surface area (TPSA) is 67.4 Å². The van der Waals surface area contributed by atoms with Gasteiger partial charge in [-0.15, -0.1) is 0 Å². The number of hydrogen-bond acceptors (Lipinski definition) is 4. The Kier molecular flexibility index (Phi) is 4.57. The van der Waals surface area contributed by atoms with Crippen LogP contribution in [0.15, 0.2) is 30.5 Å². The average molecular weight is 319 g/mol. The summed E-state index contributed by atoms with van der Waals surface area (Å²) in [5.74, 6) is 0.664. The van der Waals surface area contributed by atoms with E-state index >= 15 is 0 Å². The van der Waals surface area contributed by atoms with Crippen LogP contribution in [-0.4, -0.2) is 47.1 Å². The fourth-order valence-electron chi connectivity index (χ4n) is 2.49. The highest BCUT2D eigenvalue weighted by molar-refractivity contribution is 5.78. The lowest BCUT2D eigenvalue weighted by atomic mass is 10.2. The second kappa shape index (κ2) is 6.78. The Labute approximate surface area is 133 Å². The number of imidazole rings is 1. The Bertz CT molecular complexity index is 671. The SMILES string of the molecule is Cc1cnc([C@H]2COCCN2C(=O)COc2ccc(F)cc2)[nH]1. The standard InChI is InChI=1S/C16H18FN3O3/c1-11-8-18-16(19-11)14-9-22-7-6-20(14)15(21)10-23-13-4-2-12(17)3-5-13/h2-5,8,14H,6-7,9-10H2,1H3,(H,18,19)/t14-/m1/s1. The van der Waals surface area contributed by atoms with Gasteiger partial charge in [-0.3, -0.25) is 4.79 Å². The lowest BCUT2D eigenvalue weighted by Gasteiger charge is -2.34. The molecule has 1 saturated heterocycles. The van der Waals surface area contributed by atoms with Crippen LogP contribution in [0.1, 0.15) is 17.6 Å². The third-order valence-electron chi connectivity index (χ3n) is 3.66. The number of aromatic amines is 1. The van der Waals surface area contributed by atoms with Crippen molar-refractivity contribution in [2.45, 2.75) is 13.0 Å². The van der Waals surface area contributed by atoms with Gasteiger partial charge in [0.2, 0.25) is 0 Å². The first-order chi connectivity index (χ1) is 11.1. The lowest BCUT2D eigenvalue weighted by molar-refractivity contribution is -0.142. The normalized spacial score (nSPS) is 18.0. The number of carbonyl (C=O) groups is 1. The van der Waals surface area contributed by atoms with Crippen molar-refractivity contribution < 1.29 is 18.7 Å². The molecule has 0 saturated carbocycles. The van der Waals surface area contributed by atoms with E-state index in [0.717, 1.165) is 5.69 Å². The van der Waals surface area contributed by atoms with Crippen LogP contribution in [0.25, 0.3) is 0 Å². The molecule has 0 bridgehead atoms. The highest BCUT2D eigenvalue weighted by Crippen LogP contribution is 2.22. The van der Waals surface area contributed by atoms with Crippen molar-refractivity contribution in [1.29, 1.82) is 0 Å². The lowest BCUT2D eigenvalue weighted by Crippen LogP contribution is -2.45. The molecule has 1 aliphatic rings. The Morgan fingerprint density at radius 2 is 2.26 bits per heavy atom. The molecule has 1 aromatic heterocycles. The minimum absolute atomic E-state index is 0.109. The fourth-order valence-corrected chi connectivity index (χ4v) is 2.49. The summed E-state index contributed by atoms with van der Waals surface area (Å²) < 4.78 is 23.8. The van der Waals surface area contributed by atoms with E-state index < -0.39 is 0 Å². The van der Waals surface area contributed by atoms with Gasteiger partial charge in [-0.1, -0.05) is 0 Å². The summed E-state index contributed by atoms with van der Waals surface area (Å²) >= 11 is 0. The number of nitrogens with zero attached hydrogens (tertiary/aromatic N) is 2. The molecule has 0 radical (unpaired) electrons. The average Bonchev–Trinajstić information content (AvgIpc) is 3.00. The van der Waals surface area contributed by atoms with Gasteiger partial charge in [0.05, 0.1) is 13.2 Å². The zero-order valence-corrected chi connectivity index (χ0v) is 12.8. The number of aromatic nitrogens is 2. The molecule has 0 spiro atoms. The van der Waals surface area contributed by atoms with E-state index in [1.54, 1.807) is 11.1 Å². The van der Waals surface area contributed by atoms with E-state index in [-0.39, 0.29) is 24.4 Å². The molecule has 1 aromatic carbocycles. The van der Waals surface area contributed by atoms with Crippen LogP contribution in [0.3, 0.4) is 0 Å². The van der Waals surface area contributed by atoms with E-state index in [9.17, 15) is 9.18 Å². The Morgan fingerprint density at radius 1 is 1.48 bits per heavy atom. The third-order valence-corrected chi connectivity index (χ3v) is 3.66. The zero-order chi connectivity index (χ0) is 16.2. The van der Waals surface area contributed by atoms with E-state index in [2.05, 4.69) is 9.97 Å². The van der Waals surface area contributed by atoms with Crippen molar-refractivity contribution in [2.75, 3.05) is 26.4 Å². The number of amides is 1. The van der Waals surface area contributed by atoms with Crippen molar-refractivity contribution >= 4 is 5.91 Å². The summed E-state index contributed by atoms with van der Waals surface area (Å²) in [5.41, 5.74) is 0.931. The molecule has 0 unspecified atom stereocenters. The van der Waals surface area contributed by atoms with Crippen molar-refractivity contribution in [1.82, 2.24) is 14.9 Å². The minimum atomic E-state index is -0.342. The summed E-state index contributed by atoms with van der Waals surface area (Å²) in [7, 11) is 0. The van der Waals surface area contributed by atoms with Gasteiger partial charge in [0.25, 0.3) is 5.91 Å². The van der Waals surface area contributed by atoms with Crippen LogP contribution in [-0.2, 0) is 9.53 Å². The molecule has 6 nitrogen and oxygen atoms in total. The maximum absolute atomic E-state index is 12.9. The van der Waals surface area contributed by atoms with Gasteiger partial charge in [0, 0.05) is 18.4 Å². The Morgan fingerprint density at radius 3 is 2.96 bits per heavy atom. The number of morpholine rings is 1. The van der Waals surface area contributed by atoms with Crippen LogP contribution >= 0.6 is 0 Å². The van der Waals surface area contributed by atoms with Gasteiger partial charge < -0.3 is 19.4 Å². The van der Waals surface area contributed by atoms with Gasteiger partial charge in [-0.2, -0.15) is 0 Å². The first-order valence-corrected chi connectivity index (χ1v) is 7.40. The van der Waals surface area contributed by atoms with Gasteiger partial charge in [0.1, 0.15) is 23.4 Å². The van der Waals surface area contributed by atoms with Gasteiger partial charge >= 0.3 is 0 Å². The molecule has 1 fully saturated rings. The minimum Gasteiger partial charge on any atom is -0.484 e. The Hall–Kier alpha value is -2.41. The molecule has 1 N–H and O–H groups in total. The van der Waals surface area contributed by atoms with Crippen LogP contribution < -0.4 is 4.74 Å². The predicted octanol–water partition coefficient (Wildman–Crippen LogP) is 1.84. The van der Waals surface area contributed by atoms with Gasteiger partial charge in [-0.05, 0) is 31.2 Å². The number of rotatable bonds is 4. The quantitative estimate of drug-likeness (QED) is 0.934. The second-order valence-electron chi connectivity index (χ2n) is 5.37. The number of aryl methyl sites for hydroxylation is 1. The van der Waals surface area contributed by atoms with Crippen LogP contribution in [0, 0.1) is 12.7 Å². The first-order valence-electron chi connectivity index (χ1n) is 7.40. The van der Waals surface area contributed by atoms with Crippen molar-refractivity contribution in [3.05, 3.63) is 47.8 Å². The number of nitrogens with one attached hydrogen (secondary N) is 1. The molecule has 1 atom stereocenters. The summed E-state index contributed by atoms with van der Waals surface area (Å²) in [4.78, 5) is 21.6. The van der Waals surface area contributed by atoms with E-state index in [4.69, 9.17) is 9.47 Å². The molecule has 2 aromatic rings. The van der Waals surface area contributed by atoms with Crippen molar-refractivity contribution in [3.8, 4) is 5.75 Å². The highest BCUT2D eigenvalue weighted by atomic mass is 19.1. The smallest absolute Gasteiger partial charge is 0.261 e. The number of carbonyl (C=O) groups excluding carboxylic acids is 1. The zero-order valence-electron chi connectivity index (χ0n) is 12.8. The number of ether oxygens (including phenoxy) is 2. The summed E-state index contributed by atoms with van der Waals surface area (Å²) in [5, 5.41) is 0. The van der Waals surface area contributed by atoms with Crippen molar-refractivity contribution in [3.63, 3.8) is 0 Å². The Balaban J connectivity index is 1.65. The van der Waals surface area contributed by atoms with Crippen molar-refractivity contribution in [2.24, 2.45) is 0 Å². The van der Waals surface area contributed by atoms with Gasteiger partial charge in [-0.25, -0.2) is 9.37 Å². The number of halogens is 1. The highest BCUT2D eigenvalue weighted by Gasteiger charge is 2.30. The van der Waals surface area contributed by atoms with Gasteiger partial charge in [0.15, 0.2) is 6.61 Å². The van der Waals surface area contributed by atoms with E-state index in [1.165, 1.54) is 24.3 Å². The maximum atomic E-state index is 12.9. The summed E-state index contributed by atoms with van der Waals surface area (Å²) in [6, 6.07) is 5.33. The molecule has 23 heavy (non-hydrogen) atoms. The third kappa shape index (κ3) is 3.68. The molecular weight excluding hydrogens is 301 g/mol. The molecule has 122 valence electrons. The first kappa shape index (κ1) is 15.5. The van der Waals surface area contributed by atoms with Crippen LogP contribution in [0.4, 0.5) is 4.39 Å². The molecule has 0 aliphatic carbocycles. The number of hydrogen-bond donors (Lipinski definition) is 1. The number of benzene rings is 1. The predicted molar refractivity (Wildman–Crippen MR) is 80.5 cm³/mol.